The molecule has 11 nitrogen and oxygen atoms in total. The van der Waals surface area contributed by atoms with Crippen LogP contribution in [0.4, 0.5) is 10.5 Å². The van der Waals surface area contributed by atoms with Gasteiger partial charge in [-0.1, -0.05) is 12.1 Å². The Morgan fingerprint density at radius 3 is 2.39 bits per heavy atom. The highest BCUT2D eigenvalue weighted by Gasteiger charge is 2.30. The molecular weight excluding hydrogens is 464 g/mol. The van der Waals surface area contributed by atoms with Gasteiger partial charge in [-0.2, -0.15) is 5.26 Å². The molecule has 2 amide bonds. The van der Waals surface area contributed by atoms with E-state index in [9.17, 15) is 14.4 Å². The largest absolute Gasteiger partial charge is 0.478 e. The molecule has 0 unspecified atom stereocenters. The number of benzene rings is 2. The number of aromatic amines is 1. The molecule has 1 saturated heterocycles. The van der Waals surface area contributed by atoms with Crippen LogP contribution in [-0.4, -0.2) is 62.7 Å². The van der Waals surface area contributed by atoms with Crippen LogP contribution in [0.2, 0.25) is 0 Å². The fraction of sp³-hybridized carbons (Fsp3) is 0.240. The third-order valence-electron chi connectivity index (χ3n) is 5.57. The third kappa shape index (κ3) is 7.41. The maximum absolute atomic E-state index is 12.4. The van der Waals surface area contributed by atoms with Gasteiger partial charge in [0.1, 0.15) is 5.82 Å². The quantitative estimate of drug-likeness (QED) is 0.339. The van der Waals surface area contributed by atoms with E-state index in [-0.39, 0.29) is 18.1 Å². The molecular formula is C25H26N6O5. The molecule has 2 heterocycles. The lowest BCUT2D eigenvalue weighted by Gasteiger charge is -2.36. The van der Waals surface area contributed by atoms with Gasteiger partial charge in [0, 0.05) is 30.4 Å². The summed E-state index contributed by atoms with van der Waals surface area (Å²) in [4.78, 5) is 41.9. The second-order valence-electron chi connectivity index (χ2n) is 8.15. The molecule has 36 heavy (non-hydrogen) atoms. The fourth-order valence-corrected chi connectivity index (χ4v) is 3.79. The lowest BCUT2D eigenvalue weighted by Crippen LogP contribution is -2.46. The first-order valence-corrected chi connectivity index (χ1v) is 11.1. The van der Waals surface area contributed by atoms with Gasteiger partial charge in [-0.25, -0.2) is 19.4 Å². The summed E-state index contributed by atoms with van der Waals surface area (Å²) in [5.41, 5.74) is 3.22. The number of anilines is 1. The van der Waals surface area contributed by atoms with Gasteiger partial charge in [-0.15, -0.1) is 0 Å². The van der Waals surface area contributed by atoms with Crippen LogP contribution >= 0.6 is 0 Å². The van der Waals surface area contributed by atoms with Crippen molar-refractivity contribution in [2.75, 3.05) is 18.9 Å². The zero-order chi connectivity index (χ0) is 26.1. The summed E-state index contributed by atoms with van der Waals surface area (Å²) >= 11 is 0. The van der Waals surface area contributed by atoms with E-state index >= 15 is 0 Å². The molecule has 1 aliphatic heterocycles. The first-order chi connectivity index (χ1) is 17.2. The number of aromatic nitrogens is 2. The number of hydrogen-bond acceptors (Lipinski definition) is 6. The highest BCUT2D eigenvalue weighted by atomic mass is 16.4. The number of carboxylic acid groups (broad SMARTS) is 2. The number of carbonyl (C=O) groups excluding carboxylic acids is 1. The number of rotatable bonds is 5. The minimum absolute atomic E-state index is 0.0628. The van der Waals surface area contributed by atoms with Gasteiger partial charge in [0.05, 0.1) is 28.7 Å². The number of nitrogens with one attached hydrogen (secondary N) is 3. The maximum atomic E-state index is 12.4. The lowest BCUT2D eigenvalue weighted by molar-refractivity contribution is -0.134. The molecule has 0 saturated carbocycles. The van der Waals surface area contributed by atoms with E-state index < -0.39 is 11.9 Å². The van der Waals surface area contributed by atoms with Crippen molar-refractivity contribution in [3.05, 3.63) is 72.1 Å². The Morgan fingerprint density at radius 2 is 1.78 bits per heavy atom. The van der Waals surface area contributed by atoms with Crippen LogP contribution in [0, 0.1) is 11.3 Å². The van der Waals surface area contributed by atoms with E-state index in [1.54, 1.807) is 24.3 Å². The Labute approximate surface area is 207 Å². The summed E-state index contributed by atoms with van der Waals surface area (Å²) in [6.45, 7) is 0.878. The molecule has 0 bridgehead atoms. The van der Waals surface area contributed by atoms with E-state index in [1.165, 1.54) is 0 Å². The minimum Gasteiger partial charge on any atom is -0.478 e. The van der Waals surface area contributed by atoms with Gasteiger partial charge >= 0.3 is 18.0 Å². The Hall–Kier alpha value is -4.69. The summed E-state index contributed by atoms with van der Waals surface area (Å²) in [5.74, 6) is -1.58. The molecule has 11 heteroatoms. The average Bonchev–Trinajstić information content (AvgIpc) is 3.29. The van der Waals surface area contributed by atoms with Gasteiger partial charge in [-0.05, 0) is 56.3 Å². The molecule has 1 aromatic heterocycles. The number of H-pyrrole nitrogens is 1. The topological polar surface area (TPSA) is 171 Å². The number of likely N-dealkylation sites (tertiary alicyclic amines) is 1. The SMILES string of the molecule is CN1CC[C@@H](NC(=O)Nc2ccc(C#N)cc2)C[C@@H]1c1nc2ccccc2[nH]1.O=C(O)C=CC(=O)O. The number of para-hydroxylation sites is 2. The molecule has 2 aromatic carbocycles. The number of nitriles is 1. The van der Waals surface area contributed by atoms with Crippen molar-refractivity contribution >= 4 is 34.7 Å². The Bertz CT molecular complexity index is 1250. The van der Waals surface area contributed by atoms with Crippen LogP contribution in [0.3, 0.4) is 0 Å². The van der Waals surface area contributed by atoms with Gasteiger partial charge in [0.25, 0.3) is 0 Å². The van der Waals surface area contributed by atoms with E-state index in [0.717, 1.165) is 36.2 Å². The summed E-state index contributed by atoms with van der Waals surface area (Å²) in [5, 5.41) is 30.4. The van der Waals surface area contributed by atoms with Crippen molar-refractivity contribution in [3.63, 3.8) is 0 Å². The number of imidazole rings is 1. The standard InChI is InChI=1S/C21H22N6O.C4H4O4/c1-27-11-10-16(24-21(28)23-15-8-6-14(13-22)7-9-15)12-19(27)20-25-17-4-2-3-5-18(17)26-20;5-3(6)1-2-4(7)8/h2-9,16,19H,10-12H2,1H3,(H,25,26)(H2,23,24,28);1-2H,(H,5,6)(H,7,8)/t16-,19-;/m1./s1. The maximum Gasteiger partial charge on any atom is 0.328 e. The molecule has 1 aliphatic rings. The van der Waals surface area contributed by atoms with Gasteiger partial charge in [0.2, 0.25) is 0 Å². The highest BCUT2D eigenvalue weighted by Crippen LogP contribution is 2.29. The van der Waals surface area contributed by atoms with Crippen molar-refractivity contribution in [3.8, 4) is 6.07 Å². The van der Waals surface area contributed by atoms with Gasteiger partial charge in [0.15, 0.2) is 0 Å². The molecule has 0 spiro atoms. The summed E-state index contributed by atoms with van der Waals surface area (Å²) in [6, 6.07) is 16.8. The number of fused-ring (bicyclic) bond motifs is 1. The lowest BCUT2D eigenvalue weighted by atomic mass is 9.97. The number of nitrogens with zero attached hydrogens (tertiary/aromatic N) is 3. The zero-order valence-electron chi connectivity index (χ0n) is 19.5. The minimum atomic E-state index is -1.26. The van der Waals surface area contributed by atoms with E-state index in [2.05, 4.69) is 33.6 Å². The monoisotopic (exact) mass is 490 g/mol. The number of urea groups is 1. The molecule has 186 valence electrons. The van der Waals surface area contributed by atoms with E-state index in [0.29, 0.717) is 23.4 Å². The van der Waals surface area contributed by atoms with Crippen molar-refractivity contribution in [1.82, 2.24) is 20.2 Å². The number of amides is 2. The van der Waals surface area contributed by atoms with Crippen molar-refractivity contribution in [1.29, 1.82) is 5.26 Å². The number of carbonyl (C=O) groups is 3. The Balaban J connectivity index is 0.000000392. The molecule has 0 aliphatic carbocycles. The highest BCUT2D eigenvalue weighted by molar-refractivity contribution is 5.90. The predicted octanol–water partition coefficient (Wildman–Crippen LogP) is 3.10. The molecule has 4 rings (SSSR count). The first kappa shape index (κ1) is 25.9. The normalized spacial score (nSPS) is 17.6. The predicted molar refractivity (Wildman–Crippen MR) is 132 cm³/mol. The first-order valence-electron chi connectivity index (χ1n) is 11.1. The Morgan fingerprint density at radius 1 is 1.11 bits per heavy atom. The molecule has 2 atom stereocenters. The summed E-state index contributed by atoms with van der Waals surface area (Å²) in [6.07, 6.45) is 2.79. The van der Waals surface area contributed by atoms with E-state index in [4.69, 9.17) is 20.5 Å². The molecule has 0 radical (unpaired) electrons. The number of piperidine rings is 1. The molecule has 1 fully saturated rings. The molecule has 3 aromatic rings. The van der Waals surface area contributed by atoms with Crippen LogP contribution in [0.15, 0.2) is 60.7 Å². The van der Waals surface area contributed by atoms with Gasteiger partial charge < -0.3 is 25.8 Å². The summed E-state index contributed by atoms with van der Waals surface area (Å²) < 4.78 is 0. The van der Waals surface area contributed by atoms with Crippen LogP contribution < -0.4 is 10.6 Å². The van der Waals surface area contributed by atoms with Crippen molar-refractivity contribution < 1.29 is 24.6 Å². The van der Waals surface area contributed by atoms with Gasteiger partial charge in [-0.3, -0.25) is 4.90 Å². The van der Waals surface area contributed by atoms with Crippen molar-refractivity contribution in [2.24, 2.45) is 0 Å². The number of aliphatic carboxylic acids is 2. The third-order valence-corrected chi connectivity index (χ3v) is 5.57. The van der Waals surface area contributed by atoms with Crippen LogP contribution in [0.1, 0.15) is 30.3 Å². The second kappa shape index (κ2) is 12.1. The number of carboxylic acids is 2. The second-order valence-corrected chi connectivity index (χ2v) is 8.15. The average molecular weight is 491 g/mol. The van der Waals surface area contributed by atoms with Crippen LogP contribution in [0.5, 0.6) is 0 Å². The Kier molecular flexibility index (Phi) is 8.74. The summed E-state index contributed by atoms with van der Waals surface area (Å²) in [7, 11) is 2.09. The molecule has 5 N–H and O–H groups in total. The number of hydrogen-bond donors (Lipinski definition) is 5. The van der Waals surface area contributed by atoms with Crippen LogP contribution in [0.25, 0.3) is 11.0 Å². The zero-order valence-corrected chi connectivity index (χ0v) is 19.5. The van der Waals surface area contributed by atoms with Crippen LogP contribution in [-0.2, 0) is 9.59 Å². The fourth-order valence-electron chi connectivity index (χ4n) is 3.79. The van der Waals surface area contributed by atoms with Crippen molar-refractivity contribution in [2.45, 2.75) is 24.9 Å². The van der Waals surface area contributed by atoms with E-state index in [1.807, 2.05) is 24.3 Å². The smallest absolute Gasteiger partial charge is 0.328 e.